The highest BCUT2D eigenvalue weighted by Crippen LogP contribution is 2.24. The zero-order valence-electron chi connectivity index (χ0n) is 13.5. The van der Waals surface area contributed by atoms with E-state index in [4.69, 9.17) is 9.57 Å². The molecule has 1 aromatic carbocycles. The lowest BCUT2D eigenvalue weighted by Gasteiger charge is -2.25. The molecule has 1 aliphatic rings. The summed E-state index contributed by atoms with van der Waals surface area (Å²) in [5, 5.41) is 0.582. The second-order valence-electron chi connectivity index (χ2n) is 5.99. The molecular formula is C16H19NO6. The van der Waals surface area contributed by atoms with Crippen LogP contribution in [0.25, 0.3) is 0 Å². The number of imide groups is 1. The van der Waals surface area contributed by atoms with Crippen LogP contribution in [0, 0.1) is 0 Å². The molecule has 0 spiro atoms. The minimum atomic E-state index is -1.22. The molecule has 1 aliphatic heterocycles. The largest absolute Gasteiger partial charge is 0.467 e. The van der Waals surface area contributed by atoms with Crippen LogP contribution in [0.5, 0.6) is 0 Å². The minimum absolute atomic E-state index is 0.149. The van der Waals surface area contributed by atoms with Crippen LogP contribution in [-0.2, 0) is 19.1 Å². The Kier molecular flexibility index (Phi) is 4.82. The Morgan fingerprint density at radius 3 is 2.09 bits per heavy atom. The Hall–Kier alpha value is -2.25. The van der Waals surface area contributed by atoms with E-state index in [1.807, 2.05) is 20.8 Å². The van der Waals surface area contributed by atoms with Crippen LogP contribution >= 0.6 is 0 Å². The van der Waals surface area contributed by atoms with Gasteiger partial charge in [0.2, 0.25) is 6.10 Å². The monoisotopic (exact) mass is 321 g/mol. The van der Waals surface area contributed by atoms with Crippen molar-refractivity contribution in [1.29, 1.82) is 0 Å². The molecule has 0 unspecified atom stereocenters. The number of nitrogens with zero attached hydrogens (tertiary/aromatic N) is 1. The topological polar surface area (TPSA) is 82.1 Å². The van der Waals surface area contributed by atoms with Crippen molar-refractivity contribution in [3.05, 3.63) is 35.4 Å². The molecule has 0 fully saturated rings. The first-order valence-electron chi connectivity index (χ1n) is 7.11. The number of fused-ring (bicyclic) bond motifs is 1. The summed E-state index contributed by atoms with van der Waals surface area (Å²) in [6.45, 7) is 5.28. The number of hydrogen-bond donors (Lipinski definition) is 0. The average molecular weight is 321 g/mol. The number of benzene rings is 1. The van der Waals surface area contributed by atoms with Crippen molar-refractivity contribution < 1.29 is 28.7 Å². The first kappa shape index (κ1) is 17.1. The fourth-order valence-corrected chi connectivity index (χ4v) is 1.99. The summed E-state index contributed by atoms with van der Waals surface area (Å²) >= 11 is 0. The Bertz CT molecular complexity index is 599. The van der Waals surface area contributed by atoms with Crippen molar-refractivity contribution in [2.45, 2.75) is 32.5 Å². The predicted molar refractivity (Wildman–Crippen MR) is 79.5 cm³/mol. The van der Waals surface area contributed by atoms with Crippen LogP contribution in [0.4, 0.5) is 0 Å². The highest BCUT2D eigenvalue weighted by atomic mass is 16.7. The summed E-state index contributed by atoms with van der Waals surface area (Å²) < 4.78 is 10.1. The molecule has 2 rings (SSSR count). The van der Waals surface area contributed by atoms with Gasteiger partial charge >= 0.3 is 5.97 Å². The van der Waals surface area contributed by atoms with Gasteiger partial charge in [-0.2, -0.15) is 0 Å². The first-order chi connectivity index (χ1) is 10.7. The summed E-state index contributed by atoms with van der Waals surface area (Å²) in [6.07, 6.45) is -1.22. The van der Waals surface area contributed by atoms with E-state index in [1.54, 1.807) is 12.1 Å². The highest BCUT2D eigenvalue weighted by Gasteiger charge is 2.40. The van der Waals surface area contributed by atoms with Gasteiger partial charge in [-0.3, -0.25) is 9.59 Å². The van der Waals surface area contributed by atoms with Crippen LogP contribution in [0.3, 0.4) is 0 Å². The van der Waals surface area contributed by atoms with Crippen LogP contribution in [0.1, 0.15) is 41.5 Å². The number of carbonyl (C=O) groups is 3. The molecular weight excluding hydrogens is 302 g/mol. The lowest BCUT2D eigenvalue weighted by Crippen LogP contribution is -2.42. The highest BCUT2D eigenvalue weighted by molar-refractivity contribution is 6.20. The molecule has 1 atom stereocenters. The minimum Gasteiger partial charge on any atom is -0.467 e. The van der Waals surface area contributed by atoms with E-state index in [0.29, 0.717) is 5.06 Å². The number of amides is 2. The van der Waals surface area contributed by atoms with Crippen LogP contribution < -0.4 is 0 Å². The maximum Gasteiger partial charge on any atom is 0.340 e. The smallest absolute Gasteiger partial charge is 0.340 e. The van der Waals surface area contributed by atoms with Crippen LogP contribution in [0.2, 0.25) is 0 Å². The van der Waals surface area contributed by atoms with Gasteiger partial charge in [0.1, 0.15) is 0 Å². The maximum absolute atomic E-state index is 12.2. The molecule has 2 amide bonds. The van der Waals surface area contributed by atoms with Crippen LogP contribution in [-0.4, -0.2) is 48.3 Å². The molecule has 0 saturated carbocycles. The van der Waals surface area contributed by atoms with Gasteiger partial charge < -0.3 is 9.47 Å². The molecule has 0 saturated heterocycles. The molecule has 7 nitrogen and oxygen atoms in total. The molecule has 0 radical (unpaired) electrons. The van der Waals surface area contributed by atoms with Gasteiger partial charge in [-0.25, -0.2) is 9.63 Å². The van der Waals surface area contributed by atoms with Crippen molar-refractivity contribution in [2.75, 3.05) is 13.7 Å². The summed E-state index contributed by atoms with van der Waals surface area (Å²) in [4.78, 5) is 41.6. The second-order valence-corrected chi connectivity index (χ2v) is 5.99. The molecule has 7 heteroatoms. The Labute approximate surface area is 134 Å². The average Bonchev–Trinajstić information content (AvgIpc) is 2.74. The number of hydrogen-bond acceptors (Lipinski definition) is 6. The van der Waals surface area contributed by atoms with E-state index in [9.17, 15) is 14.4 Å². The molecule has 1 aromatic rings. The lowest BCUT2D eigenvalue weighted by atomic mass is 10.1. The Balaban J connectivity index is 2.16. The van der Waals surface area contributed by atoms with E-state index < -0.39 is 29.5 Å². The summed E-state index contributed by atoms with van der Waals surface area (Å²) in [5.41, 5.74) is -0.0480. The van der Waals surface area contributed by atoms with Crippen LogP contribution in [0.15, 0.2) is 24.3 Å². The Morgan fingerprint density at radius 1 is 1.13 bits per heavy atom. The van der Waals surface area contributed by atoms with E-state index in [0.717, 1.165) is 0 Å². The summed E-state index contributed by atoms with van der Waals surface area (Å²) in [5.74, 6) is -1.96. The third-order valence-electron chi connectivity index (χ3n) is 3.12. The normalized spacial score (nSPS) is 15.6. The summed E-state index contributed by atoms with van der Waals surface area (Å²) in [6, 6.07) is 6.34. The van der Waals surface area contributed by atoms with Gasteiger partial charge in [-0.1, -0.05) is 12.1 Å². The maximum atomic E-state index is 12.2. The fraction of sp³-hybridized carbons (Fsp3) is 0.438. The second kappa shape index (κ2) is 6.47. The third kappa shape index (κ3) is 3.75. The van der Waals surface area contributed by atoms with E-state index in [1.165, 1.54) is 19.2 Å². The van der Waals surface area contributed by atoms with Crippen molar-refractivity contribution in [3.8, 4) is 0 Å². The molecule has 23 heavy (non-hydrogen) atoms. The molecule has 124 valence electrons. The summed E-state index contributed by atoms with van der Waals surface area (Å²) in [7, 11) is 1.19. The van der Waals surface area contributed by atoms with Gasteiger partial charge in [-0.05, 0) is 32.9 Å². The third-order valence-corrected chi connectivity index (χ3v) is 3.12. The lowest BCUT2D eigenvalue weighted by molar-refractivity contribution is -0.192. The van der Waals surface area contributed by atoms with Crippen molar-refractivity contribution in [1.82, 2.24) is 5.06 Å². The number of methoxy groups -OCH3 is 1. The van der Waals surface area contributed by atoms with E-state index in [2.05, 4.69) is 4.74 Å². The molecule has 0 aliphatic carbocycles. The zero-order chi connectivity index (χ0) is 17.2. The zero-order valence-corrected chi connectivity index (χ0v) is 13.5. The number of hydroxylamine groups is 2. The number of ether oxygens (including phenoxy) is 2. The SMILES string of the molecule is COC(=O)[C@@H](COC(C)(C)C)ON1C(=O)c2ccccc2C1=O. The van der Waals surface area contributed by atoms with Crippen molar-refractivity contribution >= 4 is 17.8 Å². The molecule has 0 N–H and O–H groups in total. The standard InChI is InChI=1S/C16H19NO6/c1-16(2,3)22-9-12(15(20)21-4)23-17-13(18)10-7-5-6-8-11(10)14(17)19/h5-8,12H,9H2,1-4H3/t12-/m1/s1. The quantitative estimate of drug-likeness (QED) is 0.605. The van der Waals surface area contributed by atoms with E-state index >= 15 is 0 Å². The van der Waals surface area contributed by atoms with E-state index in [-0.39, 0.29) is 17.7 Å². The van der Waals surface area contributed by atoms with Crippen molar-refractivity contribution in [2.24, 2.45) is 0 Å². The molecule has 0 bridgehead atoms. The first-order valence-corrected chi connectivity index (χ1v) is 7.11. The number of carbonyl (C=O) groups excluding carboxylic acids is 3. The molecule has 0 aromatic heterocycles. The Morgan fingerprint density at radius 2 is 1.65 bits per heavy atom. The van der Waals surface area contributed by atoms with Crippen molar-refractivity contribution in [3.63, 3.8) is 0 Å². The van der Waals surface area contributed by atoms with Gasteiger partial charge in [0.25, 0.3) is 11.8 Å². The fourth-order valence-electron chi connectivity index (χ4n) is 1.99. The van der Waals surface area contributed by atoms with Gasteiger partial charge in [0.05, 0.1) is 30.4 Å². The van der Waals surface area contributed by atoms with Gasteiger partial charge in [0.15, 0.2) is 0 Å². The van der Waals surface area contributed by atoms with Gasteiger partial charge in [-0.15, -0.1) is 5.06 Å². The number of esters is 1. The molecule has 1 heterocycles. The predicted octanol–water partition coefficient (Wildman–Crippen LogP) is 1.57. The number of rotatable bonds is 5. The van der Waals surface area contributed by atoms with Gasteiger partial charge in [0, 0.05) is 0 Å².